The summed E-state index contributed by atoms with van der Waals surface area (Å²) in [5.74, 6) is 0.858. The highest BCUT2D eigenvalue weighted by Crippen LogP contribution is 2.58. The predicted octanol–water partition coefficient (Wildman–Crippen LogP) is 3.41. The van der Waals surface area contributed by atoms with Crippen molar-refractivity contribution < 1.29 is 14.3 Å². The third-order valence-corrected chi connectivity index (χ3v) is 5.67. The first-order valence-electron chi connectivity index (χ1n) is 9.58. The van der Waals surface area contributed by atoms with E-state index in [4.69, 9.17) is 4.74 Å². The van der Waals surface area contributed by atoms with Gasteiger partial charge in [-0.2, -0.15) is 0 Å². The number of carbonyl (C=O) groups is 2. The Morgan fingerprint density at radius 2 is 1.90 bits per heavy atom. The second-order valence-corrected chi connectivity index (χ2v) is 7.41. The molecular formula is C21H26Cl2N4O3. The fraction of sp³-hybridized carbons (Fsp3) is 0.381. The fourth-order valence-corrected chi connectivity index (χ4v) is 3.93. The molecule has 1 atom stereocenters. The van der Waals surface area contributed by atoms with Gasteiger partial charge in [-0.15, -0.1) is 24.8 Å². The number of aromatic nitrogens is 1. The molecule has 2 amide bonds. The minimum absolute atomic E-state index is 0. The summed E-state index contributed by atoms with van der Waals surface area (Å²) in [5, 5.41) is 8.93. The van der Waals surface area contributed by atoms with Crippen LogP contribution in [0.4, 0.5) is 5.69 Å². The summed E-state index contributed by atoms with van der Waals surface area (Å²) in [5.41, 5.74) is 1.08. The van der Waals surface area contributed by atoms with E-state index in [2.05, 4.69) is 20.9 Å². The van der Waals surface area contributed by atoms with Crippen molar-refractivity contribution in [2.45, 2.75) is 19.3 Å². The molecule has 2 aliphatic rings. The van der Waals surface area contributed by atoms with Crippen LogP contribution in [-0.4, -0.2) is 36.9 Å². The van der Waals surface area contributed by atoms with Crippen LogP contribution in [0.3, 0.4) is 0 Å². The van der Waals surface area contributed by atoms with Crippen molar-refractivity contribution in [2.75, 3.05) is 25.5 Å². The van der Waals surface area contributed by atoms with Crippen LogP contribution in [0.1, 0.15) is 29.8 Å². The predicted molar refractivity (Wildman–Crippen MR) is 120 cm³/mol. The zero-order valence-corrected chi connectivity index (χ0v) is 18.3. The molecule has 162 valence electrons. The van der Waals surface area contributed by atoms with Crippen LogP contribution in [0.2, 0.25) is 0 Å². The number of piperidine rings is 1. The standard InChI is InChI=1S/C21H24N4O3.2ClH/c1-22-20(27)17-12-14(6-9-24-17)28-18-5-3-2-4-16(18)25-19(26)15-13-21(15)7-10-23-11-8-21;;/h2-6,9,12,15,23H,7-8,10-11,13H2,1H3,(H,22,27)(H,25,26);2*1H. The molecule has 2 heterocycles. The maximum atomic E-state index is 12.8. The minimum atomic E-state index is -0.284. The Labute approximate surface area is 188 Å². The summed E-state index contributed by atoms with van der Waals surface area (Å²) in [6, 6.07) is 10.6. The molecule has 1 aromatic heterocycles. The summed E-state index contributed by atoms with van der Waals surface area (Å²) in [6.45, 7) is 1.97. The van der Waals surface area contributed by atoms with Gasteiger partial charge < -0.3 is 20.7 Å². The van der Waals surface area contributed by atoms with E-state index in [9.17, 15) is 9.59 Å². The normalized spacial score (nSPS) is 18.4. The van der Waals surface area contributed by atoms with Gasteiger partial charge in [0.1, 0.15) is 11.4 Å². The largest absolute Gasteiger partial charge is 0.455 e. The van der Waals surface area contributed by atoms with E-state index in [0.29, 0.717) is 17.2 Å². The number of para-hydroxylation sites is 2. The van der Waals surface area contributed by atoms with E-state index >= 15 is 0 Å². The molecule has 9 heteroatoms. The number of hydrogen-bond donors (Lipinski definition) is 3. The Morgan fingerprint density at radius 1 is 1.17 bits per heavy atom. The van der Waals surface area contributed by atoms with Gasteiger partial charge in [0.15, 0.2) is 5.75 Å². The summed E-state index contributed by atoms with van der Waals surface area (Å²) < 4.78 is 5.94. The molecule has 1 spiro atoms. The first-order valence-corrected chi connectivity index (χ1v) is 9.58. The highest BCUT2D eigenvalue weighted by Gasteiger charge is 2.57. The van der Waals surface area contributed by atoms with E-state index in [1.54, 1.807) is 25.2 Å². The Balaban J connectivity index is 0.00000160. The molecule has 1 unspecified atom stereocenters. The first-order chi connectivity index (χ1) is 13.6. The van der Waals surface area contributed by atoms with E-state index in [1.807, 2.05) is 18.2 Å². The number of ether oxygens (including phenoxy) is 1. The van der Waals surface area contributed by atoms with Gasteiger partial charge >= 0.3 is 0 Å². The average molecular weight is 453 g/mol. The number of pyridine rings is 1. The number of benzene rings is 1. The summed E-state index contributed by atoms with van der Waals surface area (Å²) >= 11 is 0. The lowest BCUT2D eigenvalue weighted by atomic mass is 9.92. The number of anilines is 1. The van der Waals surface area contributed by atoms with Gasteiger partial charge in [0.2, 0.25) is 5.91 Å². The van der Waals surface area contributed by atoms with Gasteiger partial charge in [-0.05, 0) is 56.0 Å². The molecule has 1 saturated heterocycles. The molecule has 0 bridgehead atoms. The van der Waals surface area contributed by atoms with Crippen molar-refractivity contribution in [1.82, 2.24) is 15.6 Å². The highest BCUT2D eigenvalue weighted by molar-refractivity contribution is 5.96. The van der Waals surface area contributed by atoms with Crippen LogP contribution in [0.15, 0.2) is 42.6 Å². The van der Waals surface area contributed by atoms with Crippen LogP contribution >= 0.6 is 24.8 Å². The summed E-state index contributed by atoms with van der Waals surface area (Å²) in [4.78, 5) is 28.6. The number of halogens is 2. The van der Waals surface area contributed by atoms with Crippen molar-refractivity contribution >= 4 is 42.3 Å². The molecule has 1 aliphatic heterocycles. The van der Waals surface area contributed by atoms with E-state index < -0.39 is 0 Å². The van der Waals surface area contributed by atoms with Crippen LogP contribution in [0, 0.1) is 11.3 Å². The molecule has 4 rings (SSSR count). The van der Waals surface area contributed by atoms with Crippen LogP contribution in [0.25, 0.3) is 0 Å². The lowest BCUT2D eigenvalue weighted by Crippen LogP contribution is -2.31. The summed E-state index contributed by atoms with van der Waals surface area (Å²) in [6.07, 6.45) is 4.60. The minimum Gasteiger partial charge on any atom is -0.455 e. The molecule has 1 aromatic carbocycles. The topological polar surface area (TPSA) is 92.4 Å². The quantitative estimate of drug-likeness (QED) is 0.646. The van der Waals surface area contributed by atoms with Crippen molar-refractivity contribution in [3.8, 4) is 11.5 Å². The Morgan fingerprint density at radius 3 is 2.63 bits per heavy atom. The van der Waals surface area contributed by atoms with Crippen LogP contribution in [-0.2, 0) is 4.79 Å². The number of rotatable bonds is 5. The number of amides is 2. The monoisotopic (exact) mass is 452 g/mol. The summed E-state index contributed by atoms with van der Waals surface area (Å²) in [7, 11) is 1.55. The Hall–Kier alpha value is -2.35. The SMILES string of the molecule is CNC(=O)c1cc(Oc2ccccc2NC(=O)C2CC23CCNCC3)ccn1.Cl.Cl. The van der Waals surface area contributed by atoms with Gasteiger partial charge in [-0.3, -0.25) is 14.6 Å². The molecule has 7 nitrogen and oxygen atoms in total. The van der Waals surface area contributed by atoms with E-state index in [0.717, 1.165) is 32.4 Å². The van der Waals surface area contributed by atoms with Crippen molar-refractivity contribution in [1.29, 1.82) is 0 Å². The van der Waals surface area contributed by atoms with E-state index in [-0.39, 0.29) is 53.7 Å². The third-order valence-electron chi connectivity index (χ3n) is 5.67. The first kappa shape index (κ1) is 23.9. The second kappa shape index (κ2) is 10.1. The zero-order chi connectivity index (χ0) is 19.6. The Kier molecular flexibility index (Phi) is 8.06. The zero-order valence-electron chi connectivity index (χ0n) is 16.6. The third kappa shape index (κ3) is 5.03. The number of nitrogens with zero attached hydrogens (tertiary/aromatic N) is 1. The molecule has 0 radical (unpaired) electrons. The van der Waals surface area contributed by atoms with Gasteiger partial charge in [0.25, 0.3) is 5.91 Å². The van der Waals surface area contributed by atoms with Crippen molar-refractivity contribution in [3.05, 3.63) is 48.3 Å². The molecule has 1 saturated carbocycles. The lowest BCUT2D eigenvalue weighted by Gasteiger charge is -2.23. The van der Waals surface area contributed by atoms with Crippen molar-refractivity contribution in [2.24, 2.45) is 11.3 Å². The average Bonchev–Trinajstić information content (AvgIpc) is 3.42. The molecular weight excluding hydrogens is 427 g/mol. The number of carbonyl (C=O) groups excluding carboxylic acids is 2. The van der Waals surface area contributed by atoms with E-state index in [1.165, 1.54) is 6.20 Å². The fourth-order valence-electron chi connectivity index (χ4n) is 3.93. The highest BCUT2D eigenvalue weighted by atomic mass is 35.5. The van der Waals surface area contributed by atoms with Gasteiger partial charge in [-0.25, -0.2) is 0 Å². The second-order valence-electron chi connectivity index (χ2n) is 7.41. The molecule has 30 heavy (non-hydrogen) atoms. The molecule has 1 aliphatic carbocycles. The van der Waals surface area contributed by atoms with Gasteiger partial charge in [0.05, 0.1) is 5.69 Å². The molecule has 2 fully saturated rings. The Bertz CT molecular complexity index is 903. The van der Waals surface area contributed by atoms with Gasteiger partial charge in [0, 0.05) is 25.2 Å². The maximum Gasteiger partial charge on any atom is 0.269 e. The number of nitrogens with one attached hydrogen (secondary N) is 3. The number of hydrogen-bond acceptors (Lipinski definition) is 5. The van der Waals surface area contributed by atoms with Crippen LogP contribution in [0.5, 0.6) is 11.5 Å². The van der Waals surface area contributed by atoms with Crippen LogP contribution < -0.4 is 20.7 Å². The molecule has 3 N–H and O–H groups in total. The molecule has 2 aromatic rings. The maximum absolute atomic E-state index is 12.8. The smallest absolute Gasteiger partial charge is 0.269 e. The van der Waals surface area contributed by atoms with Crippen molar-refractivity contribution in [3.63, 3.8) is 0 Å². The van der Waals surface area contributed by atoms with Gasteiger partial charge in [-0.1, -0.05) is 12.1 Å². The lowest BCUT2D eigenvalue weighted by molar-refractivity contribution is -0.118.